The van der Waals surface area contributed by atoms with E-state index in [1.807, 2.05) is 11.1 Å². The summed E-state index contributed by atoms with van der Waals surface area (Å²) in [5.74, 6) is 1.20. The van der Waals surface area contributed by atoms with Crippen molar-refractivity contribution in [1.82, 2.24) is 19.9 Å². The van der Waals surface area contributed by atoms with Crippen LogP contribution in [-0.2, 0) is 19.6 Å². The van der Waals surface area contributed by atoms with Crippen LogP contribution in [-0.4, -0.2) is 27.1 Å². The fraction of sp³-hybridized carbons (Fsp3) is 0.467. The molecule has 0 amide bonds. The summed E-state index contributed by atoms with van der Waals surface area (Å²) in [6, 6.07) is 2.34. The predicted molar refractivity (Wildman–Crippen MR) is 77.3 cm³/mol. The van der Waals surface area contributed by atoms with Gasteiger partial charge >= 0.3 is 0 Å². The maximum absolute atomic E-state index is 14.7. The summed E-state index contributed by atoms with van der Waals surface area (Å²) in [7, 11) is 0. The number of hydrogen-bond donors (Lipinski definition) is 1. The topological polar surface area (TPSA) is 46.0 Å². The molecule has 1 aliphatic heterocycles. The van der Waals surface area contributed by atoms with Gasteiger partial charge in [-0.25, -0.2) is 14.4 Å². The van der Waals surface area contributed by atoms with Gasteiger partial charge in [-0.2, -0.15) is 0 Å². The number of imidazole rings is 1. The minimum Gasteiger partial charge on any atom is -0.345 e. The van der Waals surface area contributed by atoms with E-state index in [-0.39, 0.29) is 5.82 Å². The van der Waals surface area contributed by atoms with Crippen LogP contribution in [0.4, 0.5) is 10.2 Å². The first-order valence-corrected chi connectivity index (χ1v) is 7.43. The van der Waals surface area contributed by atoms with Crippen LogP contribution in [0.2, 0.25) is 0 Å². The lowest BCUT2D eigenvalue weighted by Crippen LogP contribution is -2.35. The van der Waals surface area contributed by atoms with Gasteiger partial charge in [0.15, 0.2) is 11.6 Å². The van der Waals surface area contributed by atoms with Crippen LogP contribution in [0.1, 0.15) is 24.2 Å². The summed E-state index contributed by atoms with van der Waals surface area (Å²) >= 11 is 0. The first-order valence-electron chi connectivity index (χ1n) is 7.43. The Morgan fingerprint density at radius 1 is 1.24 bits per heavy atom. The van der Waals surface area contributed by atoms with Crippen molar-refractivity contribution in [2.24, 2.45) is 0 Å². The second-order valence-corrected chi connectivity index (χ2v) is 5.72. The summed E-state index contributed by atoms with van der Waals surface area (Å²) in [5.41, 5.74) is 0.695. The van der Waals surface area contributed by atoms with Crippen molar-refractivity contribution in [3.05, 3.63) is 41.9 Å². The molecule has 3 heterocycles. The van der Waals surface area contributed by atoms with Crippen LogP contribution in [0, 0.1) is 5.82 Å². The van der Waals surface area contributed by atoms with Crippen molar-refractivity contribution < 1.29 is 4.39 Å². The average Bonchev–Trinajstić information content (AvgIpc) is 3.21. The summed E-state index contributed by atoms with van der Waals surface area (Å²) in [6.07, 6.45) is 7.86. The number of fused-ring (bicyclic) bond motifs is 1. The summed E-state index contributed by atoms with van der Waals surface area (Å²) in [5, 5.41) is 3.35. The summed E-state index contributed by atoms with van der Waals surface area (Å²) in [6.45, 7) is 2.76. The maximum atomic E-state index is 14.7. The molecule has 4 rings (SSSR count). The molecular weight excluding hydrogens is 269 g/mol. The number of nitrogens with zero attached hydrogens (tertiary/aromatic N) is 4. The molecule has 110 valence electrons. The van der Waals surface area contributed by atoms with Crippen LogP contribution >= 0.6 is 0 Å². The molecule has 5 nitrogen and oxygen atoms in total. The minimum atomic E-state index is -0.203. The fourth-order valence-corrected chi connectivity index (χ4v) is 2.72. The Kier molecular flexibility index (Phi) is 3.11. The van der Waals surface area contributed by atoms with Crippen LogP contribution in [0.15, 0.2) is 24.7 Å². The van der Waals surface area contributed by atoms with Gasteiger partial charge in [0.25, 0.3) is 0 Å². The SMILES string of the molecule is Fc1c(CNC2CC2)ccnc1N1CCn2ccnc2C1. The Labute approximate surface area is 122 Å². The van der Waals surface area contributed by atoms with Crippen molar-refractivity contribution in [2.75, 3.05) is 11.4 Å². The van der Waals surface area contributed by atoms with E-state index in [1.165, 1.54) is 12.8 Å². The third-order valence-corrected chi connectivity index (χ3v) is 4.15. The van der Waals surface area contributed by atoms with E-state index in [0.29, 0.717) is 30.5 Å². The molecule has 0 aromatic carbocycles. The highest BCUT2D eigenvalue weighted by molar-refractivity contribution is 5.43. The van der Waals surface area contributed by atoms with Gasteiger partial charge in [0.1, 0.15) is 5.82 Å². The number of nitrogens with one attached hydrogen (secondary N) is 1. The number of rotatable bonds is 4. The molecule has 0 atom stereocenters. The third kappa shape index (κ3) is 2.51. The Morgan fingerprint density at radius 2 is 2.14 bits per heavy atom. The monoisotopic (exact) mass is 287 g/mol. The third-order valence-electron chi connectivity index (χ3n) is 4.15. The van der Waals surface area contributed by atoms with Crippen molar-refractivity contribution in [2.45, 2.75) is 38.5 Å². The molecule has 2 aromatic rings. The van der Waals surface area contributed by atoms with Gasteiger partial charge in [-0.15, -0.1) is 0 Å². The van der Waals surface area contributed by atoms with Gasteiger partial charge in [0.05, 0.1) is 6.54 Å². The average molecular weight is 287 g/mol. The predicted octanol–water partition coefficient (Wildman–Crippen LogP) is 1.69. The van der Waals surface area contributed by atoms with Gasteiger partial charge in [-0.05, 0) is 18.9 Å². The molecule has 0 spiro atoms. The minimum absolute atomic E-state index is 0.203. The molecule has 0 bridgehead atoms. The molecule has 1 fully saturated rings. The zero-order valence-corrected chi connectivity index (χ0v) is 11.8. The molecule has 21 heavy (non-hydrogen) atoms. The standard InChI is InChI=1S/C15H18FN5/c16-14-11(9-19-12-1-2-12)3-4-18-15(14)21-8-7-20-6-5-17-13(20)10-21/h3-6,12,19H,1-2,7-10H2. The van der Waals surface area contributed by atoms with E-state index < -0.39 is 0 Å². The van der Waals surface area contributed by atoms with E-state index in [9.17, 15) is 4.39 Å². The van der Waals surface area contributed by atoms with Gasteiger partial charge in [0, 0.05) is 49.8 Å². The zero-order valence-electron chi connectivity index (χ0n) is 11.8. The van der Waals surface area contributed by atoms with Gasteiger partial charge in [0.2, 0.25) is 0 Å². The van der Waals surface area contributed by atoms with E-state index >= 15 is 0 Å². The lowest BCUT2D eigenvalue weighted by Gasteiger charge is -2.29. The first-order chi connectivity index (χ1) is 10.3. The largest absolute Gasteiger partial charge is 0.345 e. The molecule has 2 aromatic heterocycles. The lowest BCUT2D eigenvalue weighted by molar-refractivity contribution is 0.529. The van der Waals surface area contributed by atoms with Crippen molar-refractivity contribution >= 4 is 5.82 Å². The van der Waals surface area contributed by atoms with Crippen LogP contribution in [0.25, 0.3) is 0 Å². The molecule has 1 N–H and O–H groups in total. The molecule has 2 aliphatic rings. The Hall–Kier alpha value is -1.95. The number of hydrogen-bond acceptors (Lipinski definition) is 4. The quantitative estimate of drug-likeness (QED) is 0.929. The molecular formula is C15H18FN5. The highest BCUT2D eigenvalue weighted by Crippen LogP contribution is 2.24. The smallest absolute Gasteiger partial charge is 0.170 e. The molecule has 1 saturated carbocycles. The Bertz CT molecular complexity index is 649. The highest BCUT2D eigenvalue weighted by atomic mass is 19.1. The zero-order chi connectivity index (χ0) is 14.2. The second kappa shape index (κ2) is 5.11. The highest BCUT2D eigenvalue weighted by Gasteiger charge is 2.24. The van der Waals surface area contributed by atoms with Crippen molar-refractivity contribution in [3.63, 3.8) is 0 Å². The van der Waals surface area contributed by atoms with Crippen LogP contribution in [0.5, 0.6) is 0 Å². The second-order valence-electron chi connectivity index (χ2n) is 5.72. The van der Waals surface area contributed by atoms with Crippen LogP contribution in [0.3, 0.4) is 0 Å². The maximum Gasteiger partial charge on any atom is 0.170 e. The van der Waals surface area contributed by atoms with E-state index in [1.54, 1.807) is 18.5 Å². The molecule has 1 aliphatic carbocycles. The van der Waals surface area contributed by atoms with Gasteiger partial charge in [-0.1, -0.05) is 0 Å². The van der Waals surface area contributed by atoms with Gasteiger partial charge in [-0.3, -0.25) is 0 Å². The van der Waals surface area contributed by atoms with Crippen molar-refractivity contribution in [1.29, 1.82) is 0 Å². The number of pyridine rings is 1. The fourth-order valence-electron chi connectivity index (χ4n) is 2.72. The number of anilines is 1. The van der Waals surface area contributed by atoms with E-state index in [2.05, 4.69) is 19.9 Å². The first kappa shape index (κ1) is 12.8. The lowest BCUT2D eigenvalue weighted by atomic mass is 10.2. The number of aromatic nitrogens is 3. The van der Waals surface area contributed by atoms with E-state index in [0.717, 1.165) is 18.9 Å². The van der Waals surface area contributed by atoms with Crippen molar-refractivity contribution in [3.8, 4) is 0 Å². The Balaban J connectivity index is 1.55. The van der Waals surface area contributed by atoms with Crippen LogP contribution < -0.4 is 10.2 Å². The molecule has 0 radical (unpaired) electrons. The number of halogens is 1. The molecule has 0 unspecified atom stereocenters. The summed E-state index contributed by atoms with van der Waals surface area (Å²) in [4.78, 5) is 10.5. The molecule has 6 heteroatoms. The molecule has 0 saturated heterocycles. The van der Waals surface area contributed by atoms with Gasteiger partial charge < -0.3 is 14.8 Å². The van der Waals surface area contributed by atoms with E-state index in [4.69, 9.17) is 0 Å². The normalized spacial score (nSPS) is 17.9. The Morgan fingerprint density at radius 3 is 3.00 bits per heavy atom. The summed E-state index contributed by atoms with van der Waals surface area (Å²) < 4.78 is 16.8.